The molecule has 1 N–H and O–H groups in total. The van der Waals surface area contributed by atoms with Crippen LogP contribution >= 0.6 is 11.8 Å². The van der Waals surface area contributed by atoms with Gasteiger partial charge in [0.25, 0.3) is 0 Å². The Bertz CT molecular complexity index is 1230. The second-order valence-corrected chi connectivity index (χ2v) is 12.6. The van der Waals surface area contributed by atoms with Crippen LogP contribution in [0.15, 0.2) is 46.2 Å². The number of halogens is 3. The molecule has 0 amide bonds. The van der Waals surface area contributed by atoms with Gasteiger partial charge in [0.1, 0.15) is 18.2 Å². The Morgan fingerprint density at radius 1 is 1.22 bits per heavy atom. The first kappa shape index (κ1) is 28.2. The maximum atomic E-state index is 14.1. The molecular formula is C25H30F3NO5S2. The number of alkyl halides is 2. The van der Waals surface area contributed by atoms with E-state index in [9.17, 15) is 31.5 Å². The van der Waals surface area contributed by atoms with Crippen LogP contribution < -0.4 is 9.64 Å². The number of carboxylic acids is 1. The molecule has 0 fully saturated rings. The van der Waals surface area contributed by atoms with E-state index in [1.165, 1.54) is 49.9 Å². The van der Waals surface area contributed by atoms with E-state index in [1.807, 2.05) is 0 Å². The van der Waals surface area contributed by atoms with Crippen molar-refractivity contribution in [2.45, 2.75) is 49.3 Å². The third-order valence-electron chi connectivity index (χ3n) is 6.05. The van der Waals surface area contributed by atoms with E-state index in [-0.39, 0.29) is 36.0 Å². The van der Waals surface area contributed by atoms with Crippen LogP contribution in [0.5, 0.6) is 5.75 Å². The number of benzene rings is 2. The van der Waals surface area contributed by atoms with Crippen LogP contribution in [0.2, 0.25) is 0 Å². The summed E-state index contributed by atoms with van der Waals surface area (Å²) in [7, 11) is -3.95. The Balaban J connectivity index is 2.13. The predicted octanol–water partition coefficient (Wildman–Crippen LogP) is 6.01. The Morgan fingerprint density at radius 2 is 1.92 bits per heavy atom. The summed E-state index contributed by atoms with van der Waals surface area (Å²) in [5, 5.41) is 9.41. The topological polar surface area (TPSA) is 83.9 Å². The highest BCUT2D eigenvalue weighted by Gasteiger charge is 2.36. The van der Waals surface area contributed by atoms with E-state index in [4.69, 9.17) is 4.74 Å². The van der Waals surface area contributed by atoms with Crippen molar-refractivity contribution in [1.29, 1.82) is 0 Å². The van der Waals surface area contributed by atoms with Gasteiger partial charge in [-0.05, 0) is 63.6 Å². The summed E-state index contributed by atoms with van der Waals surface area (Å²) in [6.45, 7) is 3.69. The number of thioether (sulfide) groups is 1. The summed E-state index contributed by atoms with van der Waals surface area (Å²) in [6.07, 6.45) is 1.25. The van der Waals surface area contributed by atoms with Crippen LogP contribution in [0.25, 0.3) is 0 Å². The summed E-state index contributed by atoms with van der Waals surface area (Å²) >= 11 is 1.28. The molecule has 0 saturated carbocycles. The third kappa shape index (κ3) is 6.67. The van der Waals surface area contributed by atoms with Gasteiger partial charge >= 0.3 is 5.97 Å². The molecule has 36 heavy (non-hydrogen) atoms. The number of carboxylic acid groups (broad SMARTS) is 1. The first-order valence-electron chi connectivity index (χ1n) is 11.3. The maximum absolute atomic E-state index is 14.1. The zero-order valence-corrected chi connectivity index (χ0v) is 22.2. The number of anilines is 2. The van der Waals surface area contributed by atoms with E-state index in [1.54, 1.807) is 23.3 Å². The highest BCUT2D eigenvalue weighted by Crippen LogP contribution is 2.44. The van der Waals surface area contributed by atoms with Crippen LogP contribution in [0.3, 0.4) is 0 Å². The monoisotopic (exact) mass is 545 g/mol. The molecule has 198 valence electrons. The van der Waals surface area contributed by atoms with Crippen molar-refractivity contribution in [1.82, 2.24) is 0 Å². The minimum absolute atomic E-state index is 0.0337. The molecule has 11 heteroatoms. The summed E-state index contributed by atoms with van der Waals surface area (Å²) in [4.78, 5) is 13.6. The van der Waals surface area contributed by atoms with E-state index in [2.05, 4.69) is 0 Å². The van der Waals surface area contributed by atoms with Crippen molar-refractivity contribution in [2.75, 3.05) is 30.1 Å². The molecule has 1 aliphatic heterocycles. The first-order chi connectivity index (χ1) is 16.6. The second kappa shape index (κ2) is 10.5. The molecule has 0 aromatic heterocycles. The van der Waals surface area contributed by atoms with Gasteiger partial charge in [-0.3, -0.25) is 4.79 Å². The summed E-state index contributed by atoms with van der Waals surface area (Å²) in [6, 6.07) is 8.64. The summed E-state index contributed by atoms with van der Waals surface area (Å²) in [5.74, 6) is -5.32. The molecule has 6 nitrogen and oxygen atoms in total. The van der Waals surface area contributed by atoms with Crippen molar-refractivity contribution in [3.05, 3.63) is 42.2 Å². The van der Waals surface area contributed by atoms with Gasteiger partial charge in [-0.15, -0.1) is 11.8 Å². The van der Waals surface area contributed by atoms with Crippen molar-refractivity contribution < 1.29 is 36.2 Å². The average molecular weight is 546 g/mol. The van der Waals surface area contributed by atoms with E-state index >= 15 is 0 Å². The molecule has 0 aliphatic carbocycles. The smallest absolute Gasteiger partial charge is 0.312 e. The molecule has 0 radical (unpaired) electrons. The number of nitrogens with zero attached hydrogens (tertiary/aromatic N) is 1. The SMILES string of the molecule is CSc1cc2c(cc1OCC(C)(C)C(=O)O)S(=O)(=O)C[C@H](CCC(C)(F)F)CN2c1cccc(F)c1. The van der Waals surface area contributed by atoms with Crippen molar-refractivity contribution in [2.24, 2.45) is 11.3 Å². The molecule has 0 saturated heterocycles. The lowest BCUT2D eigenvalue weighted by Crippen LogP contribution is -2.30. The zero-order chi connectivity index (χ0) is 26.9. The molecule has 0 bridgehead atoms. The lowest BCUT2D eigenvalue weighted by Gasteiger charge is -2.29. The minimum Gasteiger partial charge on any atom is -0.491 e. The Hall–Kier alpha value is -2.40. The lowest BCUT2D eigenvalue weighted by molar-refractivity contribution is -0.148. The standard InChI is InChI=1S/C25H30F3NO5S2/c1-24(2,23(30)31)15-34-20-12-22-19(11-21(20)35-4)29(18-7-5-6-17(26)10-18)13-16(14-36(22,32)33)8-9-25(3,27)28/h5-7,10-12,16H,8-9,13-15H2,1-4H3,(H,30,31)/t16-/m1/s1. The molecule has 0 spiro atoms. The van der Waals surface area contributed by atoms with Gasteiger partial charge in [-0.25, -0.2) is 21.6 Å². The molecule has 2 aromatic carbocycles. The normalized spacial score (nSPS) is 17.9. The maximum Gasteiger partial charge on any atom is 0.312 e. The van der Waals surface area contributed by atoms with Crippen LogP contribution in [-0.4, -0.2) is 50.6 Å². The van der Waals surface area contributed by atoms with Gasteiger partial charge in [0.05, 0.1) is 26.6 Å². The van der Waals surface area contributed by atoms with Crippen LogP contribution in [0.1, 0.15) is 33.6 Å². The minimum atomic E-state index is -3.95. The number of fused-ring (bicyclic) bond motifs is 1. The number of aliphatic carboxylic acids is 1. The van der Waals surface area contributed by atoms with Gasteiger partial charge < -0.3 is 14.7 Å². The van der Waals surface area contributed by atoms with Crippen molar-refractivity contribution >= 4 is 38.9 Å². The van der Waals surface area contributed by atoms with Gasteiger partial charge in [-0.2, -0.15) is 0 Å². The Labute approximate surface area is 213 Å². The number of carbonyl (C=O) groups is 1. The number of rotatable bonds is 9. The fourth-order valence-corrected chi connectivity index (χ4v) is 6.31. The highest BCUT2D eigenvalue weighted by molar-refractivity contribution is 7.98. The predicted molar refractivity (Wildman–Crippen MR) is 134 cm³/mol. The lowest BCUT2D eigenvalue weighted by atomic mass is 9.95. The molecule has 3 rings (SSSR count). The van der Waals surface area contributed by atoms with Crippen LogP contribution in [0.4, 0.5) is 24.5 Å². The van der Waals surface area contributed by atoms with Crippen molar-refractivity contribution in [3.63, 3.8) is 0 Å². The number of hydrogen-bond acceptors (Lipinski definition) is 6. The Morgan fingerprint density at radius 3 is 2.50 bits per heavy atom. The molecule has 0 unspecified atom stereocenters. The van der Waals surface area contributed by atoms with E-state index in [0.717, 1.165) is 6.92 Å². The number of ether oxygens (including phenoxy) is 1. The van der Waals surface area contributed by atoms with E-state index < -0.39 is 45.3 Å². The molecule has 1 heterocycles. The van der Waals surface area contributed by atoms with Gasteiger partial charge in [-0.1, -0.05) is 6.07 Å². The Kier molecular flexibility index (Phi) is 8.24. The van der Waals surface area contributed by atoms with Gasteiger partial charge in [0, 0.05) is 24.7 Å². The molecular weight excluding hydrogens is 515 g/mol. The fraction of sp³-hybridized carbons (Fsp3) is 0.480. The van der Waals surface area contributed by atoms with Crippen LogP contribution in [0, 0.1) is 17.2 Å². The van der Waals surface area contributed by atoms with Crippen molar-refractivity contribution in [3.8, 4) is 5.75 Å². The highest BCUT2D eigenvalue weighted by atomic mass is 32.2. The molecule has 2 aromatic rings. The average Bonchev–Trinajstić information content (AvgIpc) is 2.88. The molecule has 1 aliphatic rings. The number of hydrogen-bond donors (Lipinski definition) is 1. The fourth-order valence-electron chi connectivity index (χ4n) is 3.91. The first-order valence-corrected chi connectivity index (χ1v) is 14.2. The summed E-state index contributed by atoms with van der Waals surface area (Å²) in [5.41, 5.74) is -0.527. The van der Waals surface area contributed by atoms with Crippen LogP contribution in [-0.2, 0) is 14.6 Å². The largest absolute Gasteiger partial charge is 0.491 e. The van der Waals surface area contributed by atoms with E-state index in [0.29, 0.717) is 16.3 Å². The van der Waals surface area contributed by atoms with Gasteiger partial charge in [0.2, 0.25) is 5.92 Å². The zero-order valence-electron chi connectivity index (χ0n) is 20.6. The number of sulfone groups is 1. The third-order valence-corrected chi connectivity index (χ3v) is 8.71. The quantitative estimate of drug-likeness (QED) is 0.386. The molecule has 1 atom stereocenters. The summed E-state index contributed by atoms with van der Waals surface area (Å²) < 4.78 is 74.1. The second-order valence-electron chi connectivity index (χ2n) is 9.80. The van der Waals surface area contributed by atoms with Gasteiger partial charge in [0.15, 0.2) is 9.84 Å².